The second-order valence-electron chi connectivity index (χ2n) is 5.91. The Morgan fingerprint density at radius 3 is 3.14 bits per heavy atom. The highest BCUT2D eigenvalue weighted by atomic mass is 16.5. The van der Waals surface area contributed by atoms with Crippen molar-refractivity contribution < 1.29 is 9.47 Å². The van der Waals surface area contributed by atoms with Gasteiger partial charge in [-0.25, -0.2) is 0 Å². The zero-order chi connectivity index (χ0) is 15.2. The minimum Gasteiger partial charge on any atom is -0.384 e. The molecule has 4 heteroatoms. The van der Waals surface area contributed by atoms with Crippen molar-refractivity contribution in [1.29, 1.82) is 0 Å². The van der Waals surface area contributed by atoms with Gasteiger partial charge in [0.05, 0.1) is 18.7 Å². The highest BCUT2D eigenvalue weighted by molar-refractivity contribution is 5.91. The highest BCUT2D eigenvalue weighted by Crippen LogP contribution is 2.22. The van der Waals surface area contributed by atoms with Crippen LogP contribution in [0.5, 0.6) is 0 Å². The van der Waals surface area contributed by atoms with Crippen molar-refractivity contribution in [1.82, 2.24) is 4.98 Å². The second-order valence-corrected chi connectivity index (χ2v) is 5.91. The molecule has 0 aliphatic carbocycles. The molecule has 1 unspecified atom stereocenters. The van der Waals surface area contributed by atoms with Crippen LogP contribution in [0.3, 0.4) is 0 Å². The van der Waals surface area contributed by atoms with Crippen molar-refractivity contribution in [3.05, 3.63) is 36.0 Å². The monoisotopic (exact) mass is 300 g/mol. The Bertz CT molecular complexity index is 609. The third kappa shape index (κ3) is 3.96. The molecule has 0 spiro atoms. The molecule has 1 aromatic heterocycles. The fourth-order valence-corrected chi connectivity index (χ4v) is 2.82. The van der Waals surface area contributed by atoms with Crippen molar-refractivity contribution in [2.75, 3.05) is 38.3 Å². The third-order valence-electron chi connectivity index (χ3n) is 4.00. The van der Waals surface area contributed by atoms with Crippen LogP contribution >= 0.6 is 0 Å². The summed E-state index contributed by atoms with van der Waals surface area (Å²) in [6.45, 7) is 6.33. The molecule has 118 valence electrons. The van der Waals surface area contributed by atoms with E-state index in [1.807, 2.05) is 13.0 Å². The van der Waals surface area contributed by atoms with Crippen LogP contribution in [0.2, 0.25) is 0 Å². The molecule has 1 atom stereocenters. The van der Waals surface area contributed by atoms with Gasteiger partial charge in [-0.1, -0.05) is 18.2 Å². The van der Waals surface area contributed by atoms with E-state index >= 15 is 0 Å². The van der Waals surface area contributed by atoms with Gasteiger partial charge in [0.25, 0.3) is 0 Å². The number of hydrogen-bond acceptors (Lipinski definition) is 4. The molecule has 1 aliphatic rings. The van der Waals surface area contributed by atoms with Crippen LogP contribution in [0, 0.1) is 12.8 Å². The Morgan fingerprint density at radius 1 is 1.36 bits per heavy atom. The van der Waals surface area contributed by atoms with Crippen molar-refractivity contribution in [2.45, 2.75) is 19.8 Å². The highest BCUT2D eigenvalue weighted by Gasteiger charge is 2.15. The summed E-state index contributed by atoms with van der Waals surface area (Å²) in [5, 5.41) is 4.69. The van der Waals surface area contributed by atoms with Gasteiger partial charge in [0.2, 0.25) is 0 Å². The molecule has 0 bridgehead atoms. The number of para-hydroxylation sites is 1. The van der Waals surface area contributed by atoms with Crippen LogP contribution in [0.1, 0.15) is 18.5 Å². The number of pyridine rings is 1. The number of nitrogens with zero attached hydrogens (tertiary/aromatic N) is 1. The number of fused-ring (bicyclic) bond motifs is 1. The first-order valence-corrected chi connectivity index (χ1v) is 8.08. The Kier molecular flexibility index (Phi) is 5.24. The summed E-state index contributed by atoms with van der Waals surface area (Å²) in [5.41, 5.74) is 3.24. The Labute approximate surface area is 131 Å². The lowest BCUT2D eigenvalue weighted by Crippen LogP contribution is -2.12. The smallest absolute Gasteiger partial charge is 0.0725 e. The maximum atomic E-state index is 5.73. The summed E-state index contributed by atoms with van der Waals surface area (Å²) in [4.78, 5) is 4.56. The van der Waals surface area contributed by atoms with Gasteiger partial charge < -0.3 is 14.8 Å². The molecular weight excluding hydrogens is 276 g/mol. The van der Waals surface area contributed by atoms with E-state index < -0.39 is 0 Å². The predicted octanol–water partition coefficient (Wildman–Crippen LogP) is 3.40. The lowest BCUT2D eigenvalue weighted by molar-refractivity contribution is 0.0897. The third-order valence-corrected chi connectivity index (χ3v) is 4.00. The van der Waals surface area contributed by atoms with Crippen LogP contribution in [-0.2, 0) is 9.47 Å². The van der Waals surface area contributed by atoms with Crippen LogP contribution in [0.15, 0.2) is 30.3 Å². The molecule has 22 heavy (non-hydrogen) atoms. The van der Waals surface area contributed by atoms with Gasteiger partial charge in [-0.2, -0.15) is 0 Å². The zero-order valence-electron chi connectivity index (χ0n) is 13.2. The van der Waals surface area contributed by atoms with Crippen molar-refractivity contribution in [3.63, 3.8) is 0 Å². The number of nitrogens with one attached hydrogen (secondary N) is 1. The first-order valence-electron chi connectivity index (χ1n) is 8.08. The maximum Gasteiger partial charge on any atom is 0.0725 e. The fraction of sp³-hybridized carbons (Fsp3) is 0.500. The summed E-state index contributed by atoms with van der Waals surface area (Å²) in [6, 6.07) is 10.4. The van der Waals surface area contributed by atoms with Gasteiger partial charge in [0, 0.05) is 42.4 Å². The molecule has 1 N–H and O–H groups in total. The predicted molar refractivity (Wildman–Crippen MR) is 89.3 cm³/mol. The van der Waals surface area contributed by atoms with E-state index in [0.29, 0.717) is 5.92 Å². The van der Waals surface area contributed by atoms with Crippen LogP contribution < -0.4 is 5.32 Å². The largest absolute Gasteiger partial charge is 0.384 e. The van der Waals surface area contributed by atoms with Gasteiger partial charge >= 0.3 is 0 Å². The summed E-state index contributed by atoms with van der Waals surface area (Å²) >= 11 is 0. The van der Waals surface area contributed by atoms with E-state index in [9.17, 15) is 0 Å². The van der Waals surface area contributed by atoms with E-state index in [0.717, 1.165) is 62.7 Å². The summed E-state index contributed by atoms with van der Waals surface area (Å²) in [6.07, 6.45) is 2.14. The Hall–Kier alpha value is -1.65. The van der Waals surface area contributed by atoms with E-state index in [4.69, 9.17) is 9.47 Å². The van der Waals surface area contributed by atoms with Gasteiger partial charge in [0.15, 0.2) is 0 Å². The fourth-order valence-electron chi connectivity index (χ4n) is 2.82. The average Bonchev–Trinajstić information content (AvgIpc) is 3.03. The van der Waals surface area contributed by atoms with Crippen molar-refractivity contribution in [2.24, 2.45) is 5.92 Å². The molecular formula is C18H24N2O2. The number of hydrogen-bond donors (Lipinski definition) is 1. The molecule has 0 radical (unpaired) electrons. The molecule has 0 amide bonds. The normalized spacial score (nSPS) is 18.0. The molecule has 0 saturated carbocycles. The van der Waals surface area contributed by atoms with E-state index in [2.05, 4.69) is 34.6 Å². The topological polar surface area (TPSA) is 43.4 Å². The number of rotatable bonds is 7. The number of benzene rings is 1. The van der Waals surface area contributed by atoms with Gasteiger partial charge in [-0.15, -0.1) is 0 Å². The van der Waals surface area contributed by atoms with E-state index in [1.54, 1.807) is 0 Å². The Morgan fingerprint density at radius 2 is 2.27 bits per heavy atom. The minimum atomic E-state index is 0.597. The van der Waals surface area contributed by atoms with Gasteiger partial charge in [-0.3, -0.25) is 4.98 Å². The van der Waals surface area contributed by atoms with Crippen molar-refractivity contribution in [3.8, 4) is 0 Å². The van der Waals surface area contributed by atoms with Crippen LogP contribution in [-0.4, -0.2) is 38.0 Å². The molecule has 1 saturated heterocycles. The number of ether oxygens (including phenoxy) is 2. The standard InChI is InChI=1S/C18H24N2O2/c1-14-11-18(16-5-2-3-6-17(16)20-14)19-8-4-9-21-12-15-7-10-22-13-15/h2-3,5-6,11,15H,4,7-10,12-13H2,1H3,(H,19,20). The molecule has 2 aromatic rings. The number of anilines is 1. The first-order chi connectivity index (χ1) is 10.8. The summed E-state index contributed by atoms with van der Waals surface area (Å²) in [5.74, 6) is 0.597. The summed E-state index contributed by atoms with van der Waals surface area (Å²) in [7, 11) is 0. The average molecular weight is 300 g/mol. The lowest BCUT2D eigenvalue weighted by Gasteiger charge is -2.12. The maximum absolute atomic E-state index is 5.73. The van der Waals surface area contributed by atoms with Crippen molar-refractivity contribution >= 4 is 16.6 Å². The molecule has 3 rings (SSSR count). The minimum absolute atomic E-state index is 0.597. The SMILES string of the molecule is Cc1cc(NCCCOCC2CCOC2)c2ccccc2n1. The molecule has 1 aliphatic heterocycles. The van der Waals surface area contributed by atoms with Crippen LogP contribution in [0.4, 0.5) is 5.69 Å². The second kappa shape index (κ2) is 7.56. The molecule has 4 nitrogen and oxygen atoms in total. The first kappa shape index (κ1) is 15.3. The molecule has 2 heterocycles. The number of aromatic nitrogens is 1. The zero-order valence-corrected chi connectivity index (χ0v) is 13.2. The molecule has 1 aromatic carbocycles. The van der Waals surface area contributed by atoms with Crippen LogP contribution in [0.25, 0.3) is 10.9 Å². The Balaban J connectivity index is 1.45. The van der Waals surface area contributed by atoms with E-state index in [1.165, 1.54) is 5.39 Å². The molecule has 1 fully saturated rings. The number of aryl methyl sites for hydroxylation is 1. The van der Waals surface area contributed by atoms with Gasteiger partial charge in [-0.05, 0) is 31.9 Å². The quantitative estimate of drug-likeness (QED) is 0.796. The summed E-state index contributed by atoms with van der Waals surface area (Å²) < 4.78 is 11.1. The van der Waals surface area contributed by atoms with Gasteiger partial charge in [0.1, 0.15) is 0 Å². The lowest BCUT2D eigenvalue weighted by atomic mass is 10.1. The van der Waals surface area contributed by atoms with E-state index in [-0.39, 0.29) is 0 Å².